The third kappa shape index (κ3) is 3.62. The van der Waals surface area contributed by atoms with Gasteiger partial charge in [0, 0.05) is 22.7 Å². The van der Waals surface area contributed by atoms with Crippen LogP contribution in [-0.4, -0.2) is 31.1 Å². The summed E-state index contributed by atoms with van der Waals surface area (Å²) in [5, 5.41) is 4.34. The molecule has 1 heterocycles. The second-order valence-corrected chi connectivity index (χ2v) is 6.49. The lowest BCUT2D eigenvalue weighted by Gasteiger charge is -2.34. The van der Waals surface area contributed by atoms with E-state index in [0.717, 1.165) is 21.1 Å². The Balaban J connectivity index is 1.97. The van der Waals surface area contributed by atoms with Crippen LogP contribution in [0.15, 0.2) is 22.7 Å². The van der Waals surface area contributed by atoms with Gasteiger partial charge in [-0.1, -0.05) is 11.6 Å². The molecule has 18 heavy (non-hydrogen) atoms. The van der Waals surface area contributed by atoms with Crippen LogP contribution in [0.5, 0.6) is 0 Å². The van der Waals surface area contributed by atoms with E-state index in [-0.39, 0.29) is 0 Å². The van der Waals surface area contributed by atoms with Crippen molar-refractivity contribution in [1.29, 1.82) is 0 Å². The number of benzene rings is 1. The van der Waals surface area contributed by atoms with Gasteiger partial charge in [-0.05, 0) is 73.4 Å². The fraction of sp³-hybridized carbons (Fsp3) is 0.571. The summed E-state index contributed by atoms with van der Waals surface area (Å²) in [5.74, 6) is 0.721. The van der Waals surface area contributed by atoms with Crippen LogP contribution in [0, 0.1) is 5.92 Å². The van der Waals surface area contributed by atoms with Crippen LogP contribution in [0.25, 0.3) is 0 Å². The van der Waals surface area contributed by atoms with Crippen molar-refractivity contribution in [3.63, 3.8) is 0 Å². The van der Waals surface area contributed by atoms with Crippen molar-refractivity contribution in [3.8, 4) is 0 Å². The number of hydrogen-bond acceptors (Lipinski definition) is 2. The molecule has 1 fully saturated rings. The predicted octanol–water partition coefficient (Wildman–Crippen LogP) is 4.24. The summed E-state index contributed by atoms with van der Waals surface area (Å²) < 4.78 is 0.946. The van der Waals surface area contributed by atoms with E-state index in [1.807, 2.05) is 18.2 Å². The highest BCUT2D eigenvalue weighted by molar-refractivity contribution is 9.10. The maximum absolute atomic E-state index is 6.00. The largest absolute Gasteiger partial charge is 0.382 e. The van der Waals surface area contributed by atoms with Crippen molar-refractivity contribution < 1.29 is 0 Å². The summed E-state index contributed by atoms with van der Waals surface area (Å²) in [6.07, 6.45) is 2.62. The van der Waals surface area contributed by atoms with Gasteiger partial charge in [-0.25, -0.2) is 0 Å². The molecule has 1 aromatic carbocycles. The molecule has 2 atom stereocenters. The average molecular weight is 332 g/mol. The van der Waals surface area contributed by atoms with Gasteiger partial charge in [0.05, 0.1) is 5.02 Å². The Labute approximate surface area is 123 Å². The molecule has 2 rings (SSSR count). The van der Waals surface area contributed by atoms with Crippen LogP contribution in [-0.2, 0) is 0 Å². The van der Waals surface area contributed by atoms with E-state index in [2.05, 4.69) is 40.1 Å². The van der Waals surface area contributed by atoms with Crippen LogP contribution in [0.4, 0.5) is 5.69 Å². The maximum atomic E-state index is 6.00. The molecule has 0 saturated carbocycles. The summed E-state index contributed by atoms with van der Waals surface area (Å²) in [5.41, 5.74) is 1.13. The minimum atomic E-state index is 0.487. The molecular formula is C14H20BrClN2. The summed E-state index contributed by atoms with van der Waals surface area (Å²) in [4.78, 5) is 2.42. The average Bonchev–Trinajstić information content (AvgIpc) is 2.34. The quantitative estimate of drug-likeness (QED) is 0.891. The Morgan fingerprint density at radius 1 is 1.50 bits per heavy atom. The number of rotatable bonds is 3. The third-order valence-corrected chi connectivity index (χ3v) is 4.90. The summed E-state index contributed by atoms with van der Waals surface area (Å²) in [6.45, 7) is 4.69. The summed E-state index contributed by atoms with van der Waals surface area (Å²) in [6, 6.07) is 6.50. The molecule has 1 aliphatic heterocycles. The van der Waals surface area contributed by atoms with Crippen molar-refractivity contribution in [2.75, 3.05) is 25.5 Å². The lowest BCUT2D eigenvalue weighted by Crippen LogP contribution is -2.39. The zero-order valence-electron chi connectivity index (χ0n) is 10.9. The first-order valence-corrected chi connectivity index (χ1v) is 7.63. The normalized spacial score (nSPS) is 22.8. The van der Waals surface area contributed by atoms with E-state index < -0.39 is 0 Å². The van der Waals surface area contributed by atoms with Gasteiger partial charge in [0.25, 0.3) is 0 Å². The van der Waals surface area contributed by atoms with E-state index in [4.69, 9.17) is 11.6 Å². The molecule has 1 N–H and O–H groups in total. The van der Waals surface area contributed by atoms with Gasteiger partial charge in [0.15, 0.2) is 0 Å². The Hall–Kier alpha value is -0.250. The van der Waals surface area contributed by atoms with Crippen molar-refractivity contribution in [2.24, 2.45) is 5.92 Å². The first-order valence-electron chi connectivity index (χ1n) is 6.46. The number of halogens is 2. The van der Waals surface area contributed by atoms with Gasteiger partial charge < -0.3 is 10.2 Å². The van der Waals surface area contributed by atoms with Crippen LogP contribution in [0.3, 0.4) is 0 Å². The molecule has 1 saturated heterocycles. The highest BCUT2D eigenvalue weighted by Gasteiger charge is 2.22. The van der Waals surface area contributed by atoms with Gasteiger partial charge in [-0.2, -0.15) is 0 Å². The molecule has 100 valence electrons. The Bertz CT molecular complexity index is 411. The molecule has 0 spiro atoms. The second kappa shape index (κ2) is 6.27. The molecule has 1 aromatic rings. The molecule has 0 bridgehead atoms. The number of hydrogen-bond donors (Lipinski definition) is 1. The lowest BCUT2D eigenvalue weighted by atomic mass is 9.92. The maximum Gasteiger partial charge on any atom is 0.0549 e. The number of nitrogens with zero attached hydrogens (tertiary/aromatic N) is 1. The molecule has 4 heteroatoms. The Morgan fingerprint density at radius 2 is 2.28 bits per heavy atom. The van der Waals surface area contributed by atoms with Gasteiger partial charge in [0.1, 0.15) is 0 Å². The first kappa shape index (κ1) is 14.2. The van der Waals surface area contributed by atoms with Gasteiger partial charge in [0.2, 0.25) is 0 Å². The smallest absolute Gasteiger partial charge is 0.0549 e. The number of piperidine rings is 1. The molecule has 0 aromatic heterocycles. The zero-order valence-corrected chi connectivity index (χ0v) is 13.3. The van der Waals surface area contributed by atoms with E-state index in [1.165, 1.54) is 25.9 Å². The summed E-state index contributed by atoms with van der Waals surface area (Å²) >= 11 is 9.47. The second-order valence-electron chi connectivity index (χ2n) is 5.23. The van der Waals surface area contributed by atoms with Crippen molar-refractivity contribution in [3.05, 3.63) is 27.7 Å². The minimum Gasteiger partial charge on any atom is -0.382 e. The van der Waals surface area contributed by atoms with E-state index in [0.29, 0.717) is 6.04 Å². The molecule has 2 unspecified atom stereocenters. The van der Waals surface area contributed by atoms with Gasteiger partial charge in [-0.3, -0.25) is 0 Å². The van der Waals surface area contributed by atoms with E-state index in [1.54, 1.807) is 0 Å². The van der Waals surface area contributed by atoms with Gasteiger partial charge >= 0.3 is 0 Å². The number of nitrogens with one attached hydrogen (secondary N) is 1. The third-order valence-electron chi connectivity index (χ3n) is 3.68. The van der Waals surface area contributed by atoms with Crippen molar-refractivity contribution in [2.45, 2.75) is 25.8 Å². The zero-order chi connectivity index (χ0) is 13.1. The molecule has 0 aliphatic carbocycles. The fourth-order valence-corrected chi connectivity index (χ4v) is 3.08. The monoisotopic (exact) mass is 330 g/mol. The van der Waals surface area contributed by atoms with Crippen LogP contribution in [0.1, 0.15) is 19.8 Å². The molecule has 1 aliphatic rings. The van der Waals surface area contributed by atoms with E-state index in [9.17, 15) is 0 Å². The van der Waals surface area contributed by atoms with Gasteiger partial charge in [-0.15, -0.1) is 0 Å². The highest BCUT2D eigenvalue weighted by atomic mass is 79.9. The minimum absolute atomic E-state index is 0.487. The Kier molecular flexibility index (Phi) is 4.93. The van der Waals surface area contributed by atoms with Crippen LogP contribution >= 0.6 is 27.5 Å². The molecule has 0 amide bonds. The Morgan fingerprint density at radius 3 is 2.94 bits per heavy atom. The van der Waals surface area contributed by atoms with E-state index >= 15 is 0 Å². The standard InChI is InChI=1S/C14H20BrClN2/c1-10(11-4-3-7-18(2)9-11)17-12-5-6-14(16)13(15)8-12/h5-6,8,10-11,17H,3-4,7,9H2,1-2H3. The van der Waals surface area contributed by atoms with Crippen molar-refractivity contribution >= 4 is 33.2 Å². The van der Waals surface area contributed by atoms with Crippen molar-refractivity contribution in [1.82, 2.24) is 4.90 Å². The number of anilines is 1. The topological polar surface area (TPSA) is 15.3 Å². The SMILES string of the molecule is CC(Nc1ccc(Cl)c(Br)c1)C1CCCN(C)C1. The highest BCUT2D eigenvalue weighted by Crippen LogP contribution is 2.27. The first-order chi connectivity index (χ1) is 8.56. The summed E-state index contributed by atoms with van der Waals surface area (Å²) in [7, 11) is 2.21. The number of likely N-dealkylation sites (tertiary alicyclic amines) is 1. The molecular weight excluding hydrogens is 312 g/mol. The molecule has 2 nitrogen and oxygen atoms in total. The fourth-order valence-electron chi connectivity index (χ4n) is 2.58. The lowest BCUT2D eigenvalue weighted by molar-refractivity contribution is 0.197. The van der Waals surface area contributed by atoms with Crippen LogP contribution in [0.2, 0.25) is 5.02 Å². The van der Waals surface area contributed by atoms with Crippen LogP contribution < -0.4 is 5.32 Å². The predicted molar refractivity (Wildman–Crippen MR) is 82.5 cm³/mol. The molecule has 0 radical (unpaired) electrons.